The summed E-state index contributed by atoms with van der Waals surface area (Å²) >= 11 is 1.31. The number of rotatable bonds is 6. The molecule has 134 valence electrons. The molecule has 0 radical (unpaired) electrons. The molecule has 1 aliphatic heterocycles. The third kappa shape index (κ3) is 3.71. The van der Waals surface area contributed by atoms with Crippen molar-refractivity contribution in [2.45, 2.75) is 43.9 Å². The first kappa shape index (κ1) is 17.5. The summed E-state index contributed by atoms with van der Waals surface area (Å²) in [6.45, 7) is 3.22. The predicted molar refractivity (Wildman–Crippen MR) is 92.7 cm³/mol. The van der Waals surface area contributed by atoms with Crippen molar-refractivity contribution < 1.29 is 14.0 Å². The molecule has 25 heavy (non-hydrogen) atoms. The summed E-state index contributed by atoms with van der Waals surface area (Å²) in [5.74, 6) is 0.932. The van der Waals surface area contributed by atoms with Crippen molar-refractivity contribution >= 4 is 23.6 Å². The van der Waals surface area contributed by atoms with E-state index < -0.39 is 11.9 Å². The molecule has 0 bridgehead atoms. The molecule has 2 aromatic heterocycles. The Balaban J connectivity index is 1.69. The average molecular weight is 363 g/mol. The van der Waals surface area contributed by atoms with E-state index in [-0.39, 0.29) is 11.7 Å². The van der Waals surface area contributed by atoms with Crippen LogP contribution in [0.3, 0.4) is 0 Å². The highest BCUT2D eigenvalue weighted by atomic mass is 32.2. The predicted octanol–water partition coefficient (Wildman–Crippen LogP) is 1.52. The Kier molecular flexibility index (Phi) is 5.42. The van der Waals surface area contributed by atoms with E-state index in [2.05, 4.69) is 10.2 Å². The molecule has 1 saturated heterocycles. The number of amides is 2. The molecule has 1 atom stereocenters. The Morgan fingerprint density at radius 3 is 2.92 bits per heavy atom. The molecule has 1 aliphatic rings. The SMILES string of the molecule is CCn1c(SCC(=O)N2CCCC[C@H]2C(N)=O)nnc1-c1ccco1. The fourth-order valence-corrected chi connectivity index (χ4v) is 3.89. The van der Waals surface area contributed by atoms with Crippen LogP contribution < -0.4 is 5.73 Å². The second-order valence-corrected chi connectivity index (χ2v) is 6.76. The minimum absolute atomic E-state index is 0.0984. The van der Waals surface area contributed by atoms with E-state index in [4.69, 9.17) is 10.2 Å². The first-order chi connectivity index (χ1) is 12.1. The fraction of sp³-hybridized carbons (Fsp3) is 0.500. The van der Waals surface area contributed by atoms with Crippen LogP contribution in [0, 0.1) is 0 Å². The van der Waals surface area contributed by atoms with Crippen molar-refractivity contribution in [3.05, 3.63) is 18.4 Å². The van der Waals surface area contributed by atoms with E-state index in [1.54, 1.807) is 17.2 Å². The third-order valence-electron chi connectivity index (χ3n) is 4.25. The van der Waals surface area contributed by atoms with Crippen LogP contribution in [-0.2, 0) is 16.1 Å². The molecule has 0 spiro atoms. The summed E-state index contributed by atoms with van der Waals surface area (Å²) in [7, 11) is 0. The molecule has 8 nitrogen and oxygen atoms in total. The summed E-state index contributed by atoms with van der Waals surface area (Å²) in [6, 6.07) is 3.12. The van der Waals surface area contributed by atoms with E-state index >= 15 is 0 Å². The number of carbonyl (C=O) groups excluding carboxylic acids is 2. The topological polar surface area (TPSA) is 107 Å². The number of hydrogen-bond acceptors (Lipinski definition) is 6. The van der Waals surface area contributed by atoms with Gasteiger partial charge < -0.3 is 15.1 Å². The van der Waals surface area contributed by atoms with Crippen molar-refractivity contribution in [2.75, 3.05) is 12.3 Å². The lowest BCUT2D eigenvalue weighted by atomic mass is 10.0. The Morgan fingerprint density at radius 1 is 1.40 bits per heavy atom. The molecule has 2 aromatic rings. The van der Waals surface area contributed by atoms with Gasteiger partial charge in [0, 0.05) is 13.1 Å². The molecule has 0 saturated carbocycles. The monoisotopic (exact) mass is 363 g/mol. The molecule has 2 amide bonds. The van der Waals surface area contributed by atoms with Crippen LogP contribution in [0.2, 0.25) is 0 Å². The van der Waals surface area contributed by atoms with Crippen molar-refractivity contribution in [1.29, 1.82) is 0 Å². The number of primary amides is 1. The van der Waals surface area contributed by atoms with E-state index in [0.29, 0.717) is 36.3 Å². The number of hydrogen-bond donors (Lipinski definition) is 1. The van der Waals surface area contributed by atoms with Crippen LogP contribution in [0.1, 0.15) is 26.2 Å². The zero-order chi connectivity index (χ0) is 17.8. The molecule has 1 fully saturated rings. The van der Waals surface area contributed by atoms with Crippen molar-refractivity contribution in [3.63, 3.8) is 0 Å². The largest absolute Gasteiger partial charge is 0.461 e. The van der Waals surface area contributed by atoms with E-state index in [1.165, 1.54) is 11.8 Å². The van der Waals surface area contributed by atoms with E-state index in [1.807, 2.05) is 17.6 Å². The van der Waals surface area contributed by atoms with Gasteiger partial charge >= 0.3 is 0 Å². The first-order valence-electron chi connectivity index (χ1n) is 8.30. The van der Waals surface area contributed by atoms with Crippen LogP contribution in [-0.4, -0.2) is 49.8 Å². The number of aromatic nitrogens is 3. The molecule has 3 heterocycles. The molecule has 0 aliphatic carbocycles. The number of piperidine rings is 1. The van der Waals surface area contributed by atoms with Crippen molar-refractivity contribution in [2.24, 2.45) is 5.73 Å². The number of nitrogens with zero attached hydrogens (tertiary/aromatic N) is 4. The van der Waals surface area contributed by atoms with E-state index in [9.17, 15) is 9.59 Å². The second-order valence-electron chi connectivity index (χ2n) is 5.82. The van der Waals surface area contributed by atoms with Gasteiger partial charge in [-0.3, -0.25) is 14.2 Å². The minimum atomic E-state index is -0.496. The van der Waals surface area contributed by atoms with Crippen LogP contribution >= 0.6 is 11.8 Å². The van der Waals surface area contributed by atoms with Gasteiger partial charge in [0.05, 0.1) is 12.0 Å². The number of furan rings is 1. The Labute approximate surface area is 149 Å². The minimum Gasteiger partial charge on any atom is -0.461 e. The smallest absolute Gasteiger partial charge is 0.240 e. The fourth-order valence-electron chi connectivity index (χ4n) is 3.00. The van der Waals surface area contributed by atoms with Gasteiger partial charge in [0.25, 0.3) is 0 Å². The molecule has 9 heteroatoms. The highest BCUT2D eigenvalue weighted by Gasteiger charge is 2.30. The van der Waals surface area contributed by atoms with Crippen LogP contribution in [0.5, 0.6) is 0 Å². The third-order valence-corrected chi connectivity index (χ3v) is 5.20. The van der Waals surface area contributed by atoms with Gasteiger partial charge in [-0.15, -0.1) is 10.2 Å². The van der Waals surface area contributed by atoms with Crippen LogP contribution in [0.4, 0.5) is 0 Å². The van der Waals surface area contributed by atoms with E-state index in [0.717, 1.165) is 12.8 Å². The van der Waals surface area contributed by atoms with Crippen molar-refractivity contribution in [3.8, 4) is 11.6 Å². The maximum Gasteiger partial charge on any atom is 0.240 e. The summed E-state index contributed by atoms with van der Waals surface area (Å²) in [5, 5.41) is 8.98. The number of likely N-dealkylation sites (tertiary alicyclic amines) is 1. The zero-order valence-corrected chi connectivity index (χ0v) is 14.9. The lowest BCUT2D eigenvalue weighted by molar-refractivity contribution is -0.138. The molecule has 3 rings (SSSR count). The van der Waals surface area contributed by atoms with Gasteiger partial charge in [0.1, 0.15) is 6.04 Å². The van der Waals surface area contributed by atoms with Crippen LogP contribution in [0.25, 0.3) is 11.6 Å². The summed E-state index contributed by atoms with van der Waals surface area (Å²) < 4.78 is 7.28. The summed E-state index contributed by atoms with van der Waals surface area (Å²) in [6.07, 6.45) is 4.04. The summed E-state index contributed by atoms with van der Waals surface area (Å²) in [5.41, 5.74) is 5.43. The maximum atomic E-state index is 12.5. The number of carbonyl (C=O) groups is 2. The molecule has 0 aromatic carbocycles. The standard InChI is InChI=1S/C16H21N5O3S/c1-2-20-15(12-7-5-9-24-12)18-19-16(20)25-10-13(22)21-8-4-3-6-11(21)14(17)23/h5,7,9,11H,2-4,6,8,10H2,1H3,(H2,17,23)/t11-/m0/s1. The van der Waals surface area contributed by atoms with Crippen LogP contribution in [0.15, 0.2) is 28.0 Å². The highest BCUT2D eigenvalue weighted by molar-refractivity contribution is 7.99. The van der Waals surface area contributed by atoms with Gasteiger partial charge in [-0.2, -0.15) is 0 Å². The van der Waals surface area contributed by atoms with Gasteiger partial charge in [-0.05, 0) is 38.3 Å². The summed E-state index contributed by atoms with van der Waals surface area (Å²) in [4.78, 5) is 25.7. The average Bonchev–Trinajstić information content (AvgIpc) is 3.28. The number of thioether (sulfide) groups is 1. The highest BCUT2D eigenvalue weighted by Crippen LogP contribution is 2.25. The lowest BCUT2D eigenvalue weighted by Crippen LogP contribution is -2.51. The quantitative estimate of drug-likeness (QED) is 0.780. The molecular formula is C16H21N5O3S. The van der Waals surface area contributed by atoms with Gasteiger partial charge in [0.2, 0.25) is 11.8 Å². The normalized spacial score (nSPS) is 17.6. The Morgan fingerprint density at radius 2 is 2.24 bits per heavy atom. The van der Waals surface area contributed by atoms with Crippen molar-refractivity contribution in [1.82, 2.24) is 19.7 Å². The van der Waals surface area contributed by atoms with Gasteiger partial charge in [-0.25, -0.2) is 0 Å². The molecular weight excluding hydrogens is 342 g/mol. The Hall–Kier alpha value is -2.29. The maximum absolute atomic E-state index is 12.5. The number of nitrogens with two attached hydrogens (primary N) is 1. The van der Waals surface area contributed by atoms with Gasteiger partial charge in [-0.1, -0.05) is 11.8 Å². The second kappa shape index (κ2) is 7.73. The molecule has 0 unspecified atom stereocenters. The lowest BCUT2D eigenvalue weighted by Gasteiger charge is -2.33. The van der Waals surface area contributed by atoms with Gasteiger partial charge in [0.15, 0.2) is 16.7 Å². The first-order valence-corrected chi connectivity index (χ1v) is 9.29. The Bertz CT molecular complexity index is 743. The molecule has 2 N–H and O–H groups in total. The zero-order valence-electron chi connectivity index (χ0n) is 14.1.